The fraction of sp³-hybridized carbons (Fsp3) is 0.368. The lowest BCUT2D eigenvalue weighted by molar-refractivity contribution is -0.117. The van der Waals surface area contributed by atoms with Crippen molar-refractivity contribution < 1.29 is 9.32 Å². The van der Waals surface area contributed by atoms with Crippen molar-refractivity contribution in [2.75, 3.05) is 44.6 Å². The number of nitrogens with one attached hydrogen (secondary N) is 1. The number of amides is 1. The summed E-state index contributed by atoms with van der Waals surface area (Å²) in [4.78, 5) is 16.6. The van der Waals surface area contributed by atoms with Gasteiger partial charge in [0.25, 0.3) is 0 Å². The van der Waals surface area contributed by atoms with Crippen LogP contribution in [0.5, 0.6) is 0 Å². The van der Waals surface area contributed by atoms with Crippen LogP contribution in [-0.4, -0.2) is 60.1 Å². The fourth-order valence-electron chi connectivity index (χ4n) is 2.84. The van der Waals surface area contributed by atoms with E-state index in [1.165, 1.54) is 5.56 Å². The molecule has 1 amide bonds. The van der Waals surface area contributed by atoms with Crippen molar-refractivity contribution >= 4 is 17.8 Å². The highest BCUT2D eigenvalue weighted by atomic mass is 16.5. The standard InChI is InChI=1S/C19H24N4O2/c1-16-14-18(21-25-16)20-19(24)15-23-12-10-22(11-13-23)9-5-8-17-6-3-2-4-7-17/h2-8,14H,9-13,15H2,1H3,(H,20,21,24). The SMILES string of the molecule is Cc1cc(NC(=O)CN2CCN(CC=Cc3ccccc3)CC2)no1. The molecule has 132 valence electrons. The minimum Gasteiger partial charge on any atom is -0.360 e. The number of hydrogen-bond acceptors (Lipinski definition) is 5. The van der Waals surface area contributed by atoms with E-state index in [9.17, 15) is 4.79 Å². The third-order valence-corrected chi connectivity index (χ3v) is 4.20. The van der Waals surface area contributed by atoms with Gasteiger partial charge in [0.15, 0.2) is 5.82 Å². The molecule has 6 nitrogen and oxygen atoms in total. The van der Waals surface area contributed by atoms with Gasteiger partial charge in [-0.25, -0.2) is 0 Å². The normalized spacial score (nSPS) is 16.4. The van der Waals surface area contributed by atoms with E-state index in [1.807, 2.05) is 18.2 Å². The Kier molecular flexibility index (Phi) is 5.98. The summed E-state index contributed by atoms with van der Waals surface area (Å²) < 4.78 is 4.95. The predicted molar refractivity (Wildman–Crippen MR) is 98.2 cm³/mol. The molecular formula is C19H24N4O2. The zero-order valence-corrected chi connectivity index (χ0v) is 14.5. The number of carbonyl (C=O) groups is 1. The summed E-state index contributed by atoms with van der Waals surface area (Å²) in [7, 11) is 0. The van der Waals surface area contributed by atoms with Crippen molar-refractivity contribution in [1.82, 2.24) is 15.0 Å². The van der Waals surface area contributed by atoms with Gasteiger partial charge in [-0.1, -0.05) is 47.6 Å². The molecule has 1 saturated heterocycles. The quantitative estimate of drug-likeness (QED) is 0.874. The van der Waals surface area contributed by atoms with E-state index in [2.05, 4.69) is 44.6 Å². The van der Waals surface area contributed by atoms with Gasteiger partial charge < -0.3 is 9.84 Å². The van der Waals surface area contributed by atoms with Crippen molar-refractivity contribution in [3.05, 3.63) is 53.8 Å². The maximum absolute atomic E-state index is 12.0. The Balaban J connectivity index is 1.37. The van der Waals surface area contributed by atoms with Crippen LogP contribution >= 0.6 is 0 Å². The second-order valence-electron chi connectivity index (χ2n) is 6.26. The third-order valence-electron chi connectivity index (χ3n) is 4.20. The average Bonchev–Trinajstić information content (AvgIpc) is 3.02. The van der Waals surface area contributed by atoms with E-state index in [-0.39, 0.29) is 5.91 Å². The first kappa shape index (κ1) is 17.4. The van der Waals surface area contributed by atoms with Gasteiger partial charge in [-0.3, -0.25) is 14.6 Å². The second-order valence-corrected chi connectivity index (χ2v) is 6.26. The molecule has 1 fully saturated rings. The lowest BCUT2D eigenvalue weighted by atomic mass is 10.2. The smallest absolute Gasteiger partial charge is 0.239 e. The number of nitrogens with zero attached hydrogens (tertiary/aromatic N) is 3. The number of piperazine rings is 1. The van der Waals surface area contributed by atoms with E-state index < -0.39 is 0 Å². The van der Waals surface area contributed by atoms with Gasteiger partial charge in [0.2, 0.25) is 5.91 Å². The van der Waals surface area contributed by atoms with Gasteiger partial charge in [0, 0.05) is 38.8 Å². The lowest BCUT2D eigenvalue weighted by Gasteiger charge is -2.33. The summed E-state index contributed by atoms with van der Waals surface area (Å²) in [6.45, 7) is 6.85. The number of rotatable bonds is 6. The van der Waals surface area contributed by atoms with Crippen LogP contribution < -0.4 is 5.32 Å². The molecule has 0 saturated carbocycles. The Morgan fingerprint density at radius 1 is 1.20 bits per heavy atom. The average molecular weight is 340 g/mol. The number of aromatic nitrogens is 1. The van der Waals surface area contributed by atoms with Crippen LogP contribution in [0.2, 0.25) is 0 Å². The van der Waals surface area contributed by atoms with E-state index in [0.717, 1.165) is 32.7 Å². The zero-order chi connectivity index (χ0) is 17.5. The molecule has 0 spiro atoms. The molecule has 0 radical (unpaired) electrons. The number of hydrogen-bond donors (Lipinski definition) is 1. The Bertz CT molecular complexity index is 703. The molecule has 0 bridgehead atoms. The van der Waals surface area contributed by atoms with Crippen molar-refractivity contribution in [2.45, 2.75) is 6.92 Å². The maximum atomic E-state index is 12.0. The number of aryl methyl sites for hydroxylation is 1. The second kappa shape index (κ2) is 8.60. The topological polar surface area (TPSA) is 61.6 Å². The van der Waals surface area contributed by atoms with Gasteiger partial charge >= 0.3 is 0 Å². The van der Waals surface area contributed by atoms with E-state index in [1.54, 1.807) is 13.0 Å². The first-order valence-corrected chi connectivity index (χ1v) is 8.58. The molecule has 1 aromatic heterocycles. The molecule has 3 rings (SSSR count). The van der Waals surface area contributed by atoms with Gasteiger partial charge in [0.1, 0.15) is 5.76 Å². The molecule has 1 aliphatic heterocycles. The molecular weight excluding hydrogens is 316 g/mol. The minimum atomic E-state index is -0.0503. The van der Waals surface area contributed by atoms with Crippen molar-refractivity contribution in [1.29, 1.82) is 0 Å². The first-order valence-electron chi connectivity index (χ1n) is 8.58. The highest BCUT2D eigenvalue weighted by Gasteiger charge is 2.18. The lowest BCUT2D eigenvalue weighted by Crippen LogP contribution is -2.48. The van der Waals surface area contributed by atoms with Crippen LogP contribution in [0, 0.1) is 6.92 Å². The third kappa shape index (κ3) is 5.55. The summed E-state index contributed by atoms with van der Waals surface area (Å²) >= 11 is 0. The van der Waals surface area contributed by atoms with Crippen LogP contribution in [0.1, 0.15) is 11.3 Å². The highest BCUT2D eigenvalue weighted by Crippen LogP contribution is 2.08. The van der Waals surface area contributed by atoms with Crippen LogP contribution in [0.15, 0.2) is 47.0 Å². The Labute approximate surface area is 148 Å². The fourth-order valence-corrected chi connectivity index (χ4v) is 2.84. The number of benzene rings is 1. The first-order chi connectivity index (χ1) is 12.2. The molecule has 1 aliphatic rings. The monoisotopic (exact) mass is 340 g/mol. The Morgan fingerprint density at radius 3 is 2.60 bits per heavy atom. The molecule has 6 heteroatoms. The summed E-state index contributed by atoms with van der Waals surface area (Å²) in [5.74, 6) is 1.12. The summed E-state index contributed by atoms with van der Waals surface area (Å²) in [6.07, 6.45) is 4.35. The van der Waals surface area contributed by atoms with Crippen LogP contribution in [0.25, 0.3) is 6.08 Å². The van der Waals surface area contributed by atoms with E-state index in [4.69, 9.17) is 4.52 Å². The summed E-state index contributed by atoms with van der Waals surface area (Å²) in [5, 5.41) is 6.54. The Morgan fingerprint density at radius 2 is 1.92 bits per heavy atom. The van der Waals surface area contributed by atoms with Crippen LogP contribution in [0.4, 0.5) is 5.82 Å². The number of carbonyl (C=O) groups excluding carboxylic acids is 1. The molecule has 1 N–H and O–H groups in total. The molecule has 1 aromatic carbocycles. The zero-order valence-electron chi connectivity index (χ0n) is 14.5. The molecule has 2 heterocycles. The van der Waals surface area contributed by atoms with Crippen LogP contribution in [-0.2, 0) is 4.79 Å². The highest BCUT2D eigenvalue weighted by molar-refractivity contribution is 5.91. The van der Waals surface area contributed by atoms with E-state index in [0.29, 0.717) is 18.1 Å². The van der Waals surface area contributed by atoms with E-state index >= 15 is 0 Å². The van der Waals surface area contributed by atoms with Gasteiger partial charge in [0.05, 0.1) is 6.54 Å². The predicted octanol–water partition coefficient (Wildman–Crippen LogP) is 2.25. The molecule has 0 atom stereocenters. The van der Waals surface area contributed by atoms with Crippen molar-refractivity contribution in [3.63, 3.8) is 0 Å². The maximum Gasteiger partial charge on any atom is 0.239 e. The molecule has 0 aliphatic carbocycles. The summed E-state index contributed by atoms with van der Waals surface area (Å²) in [5.41, 5.74) is 1.22. The van der Waals surface area contributed by atoms with Crippen LogP contribution in [0.3, 0.4) is 0 Å². The van der Waals surface area contributed by atoms with Gasteiger partial charge in [-0.2, -0.15) is 0 Å². The number of anilines is 1. The van der Waals surface area contributed by atoms with Crippen molar-refractivity contribution in [3.8, 4) is 0 Å². The minimum absolute atomic E-state index is 0.0503. The Hall–Kier alpha value is -2.44. The molecule has 2 aromatic rings. The molecule has 0 unspecified atom stereocenters. The molecule has 25 heavy (non-hydrogen) atoms. The van der Waals surface area contributed by atoms with Crippen molar-refractivity contribution in [2.24, 2.45) is 0 Å². The van der Waals surface area contributed by atoms with Gasteiger partial charge in [-0.05, 0) is 12.5 Å². The van der Waals surface area contributed by atoms with Gasteiger partial charge in [-0.15, -0.1) is 0 Å². The largest absolute Gasteiger partial charge is 0.360 e. The summed E-state index contributed by atoms with van der Waals surface area (Å²) in [6, 6.07) is 12.0.